The second kappa shape index (κ2) is 7.93. The van der Waals surface area contributed by atoms with E-state index in [0.717, 1.165) is 54.5 Å². The summed E-state index contributed by atoms with van der Waals surface area (Å²) in [6.45, 7) is 0.398. The van der Waals surface area contributed by atoms with Crippen molar-refractivity contribution in [2.24, 2.45) is 16.6 Å². The highest BCUT2D eigenvalue weighted by Gasteiger charge is 2.56. The monoisotopic (exact) mass is 463 g/mol. The van der Waals surface area contributed by atoms with Crippen LogP contribution in [0.2, 0.25) is 5.02 Å². The summed E-state index contributed by atoms with van der Waals surface area (Å²) in [5, 5.41) is 9.90. The minimum Gasteiger partial charge on any atom is -0.490 e. The summed E-state index contributed by atoms with van der Waals surface area (Å²) in [5.74, 6) is 0.942. The third-order valence-electron chi connectivity index (χ3n) is 7.62. The Hall–Kier alpha value is -2.75. The van der Waals surface area contributed by atoms with Gasteiger partial charge in [0.15, 0.2) is 0 Å². The first-order valence-corrected chi connectivity index (χ1v) is 12.1. The number of benzene rings is 2. The highest BCUT2D eigenvalue weighted by molar-refractivity contribution is 6.31. The van der Waals surface area contributed by atoms with Crippen molar-refractivity contribution in [2.45, 2.75) is 62.4 Å². The van der Waals surface area contributed by atoms with Crippen LogP contribution >= 0.6 is 11.6 Å². The number of nitriles is 1. The largest absolute Gasteiger partial charge is 0.490 e. The smallest absolute Gasteiger partial charge is 0.283 e. The van der Waals surface area contributed by atoms with Crippen LogP contribution < -0.4 is 10.5 Å². The zero-order chi connectivity index (χ0) is 22.6. The van der Waals surface area contributed by atoms with E-state index in [-0.39, 0.29) is 24.1 Å². The predicted octanol–water partition coefficient (Wildman–Crippen LogP) is 4.92. The van der Waals surface area contributed by atoms with Crippen molar-refractivity contribution in [2.75, 3.05) is 6.61 Å². The van der Waals surface area contributed by atoms with E-state index < -0.39 is 5.54 Å². The molecule has 33 heavy (non-hydrogen) atoms. The van der Waals surface area contributed by atoms with E-state index in [1.807, 2.05) is 24.3 Å². The Balaban J connectivity index is 1.41. The first-order valence-electron chi connectivity index (χ1n) is 11.7. The van der Waals surface area contributed by atoms with E-state index in [2.05, 4.69) is 12.1 Å². The molecule has 4 aliphatic rings. The standard InChI is InChI=1S/C26H26ClN3O3/c27-18-9-15(13-28)8-17(10-18)16-4-6-23-21(11-16)26(14-31-25(29)30-26)22-12-20(5-7-24(22)33-23)32-19-2-1-3-19/h4,6,8-11,19-20,22,24H,1-3,5,7,12,14H2,(H2,29,30). The van der Waals surface area contributed by atoms with Gasteiger partial charge in [0.2, 0.25) is 0 Å². The number of aliphatic imine (C=N–C) groups is 1. The third kappa shape index (κ3) is 3.55. The second-order valence-corrected chi connectivity index (χ2v) is 10.0. The number of hydrogen-bond donors (Lipinski definition) is 1. The number of rotatable bonds is 3. The molecule has 170 valence electrons. The van der Waals surface area contributed by atoms with Crippen LogP contribution in [-0.2, 0) is 15.0 Å². The summed E-state index contributed by atoms with van der Waals surface area (Å²) >= 11 is 6.28. The van der Waals surface area contributed by atoms with Crippen LogP contribution in [-0.4, -0.2) is 30.9 Å². The molecule has 2 aliphatic carbocycles. The Labute approximate surface area is 198 Å². The van der Waals surface area contributed by atoms with Crippen LogP contribution in [0.1, 0.15) is 49.7 Å². The summed E-state index contributed by atoms with van der Waals surface area (Å²) in [5.41, 5.74) is 8.81. The molecule has 0 aromatic heterocycles. The van der Waals surface area contributed by atoms with Crippen LogP contribution in [0.15, 0.2) is 41.4 Å². The van der Waals surface area contributed by atoms with Crippen molar-refractivity contribution in [1.29, 1.82) is 5.26 Å². The number of nitrogens with two attached hydrogens (primary N) is 1. The van der Waals surface area contributed by atoms with E-state index in [1.165, 1.54) is 6.42 Å². The van der Waals surface area contributed by atoms with Gasteiger partial charge < -0.3 is 19.9 Å². The SMILES string of the molecule is N#Cc1cc(Cl)cc(-c2ccc3c(c2)C2(COC(N)=N2)C2CC(OC4CCC4)CCC2O3)c1. The molecule has 2 aromatic carbocycles. The van der Waals surface area contributed by atoms with Gasteiger partial charge >= 0.3 is 0 Å². The fourth-order valence-corrected chi connectivity index (χ4v) is 5.99. The van der Waals surface area contributed by atoms with Gasteiger partial charge in [0.05, 0.1) is 23.8 Å². The lowest BCUT2D eigenvalue weighted by Gasteiger charge is -2.48. The molecular weight excluding hydrogens is 438 g/mol. The number of nitrogens with zero attached hydrogens (tertiary/aromatic N) is 2. The molecule has 7 heteroatoms. The average molecular weight is 464 g/mol. The predicted molar refractivity (Wildman–Crippen MR) is 125 cm³/mol. The van der Waals surface area contributed by atoms with Gasteiger partial charge in [0.25, 0.3) is 6.02 Å². The number of fused-ring (bicyclic) bond motifs is 4. The van der Waals surface area contributed by atoms with Crippen LogP contribution in [0.5, 0.6) is 5.75 Å². The highest BCUT2D eigenvalue weighted by atomic mass is 35.5. The van der Waals surface area contributed by atoms with Crippen LogP contribution in [0.4, 0.5) is 0 Å². The maximum Gasteiger partial charge on any atom is 0.283 e. The highest BCUT2D eigenvalue weighted by Crippen LogP contribution is 2.53. The topological polar surface area (TPSA) is 89.9 Å². The van der Waals surface area contributed by atoms with Crippen molar-refractivity contribution in [3.8, 4) is 22.9 Å². The summed E-state index contributed by atoms with van der Waals surface area (Å²) < 4.78 is 18.7. The Bertz CT molecular complexity index is 1170. The molecule has 4 atom stereocenters. The third-order valence-corrected chi connectivity index (χ3v) is 7.84. The van der Waals surface area contributed by atoms with Gasteiger partial charge in [0, 0.05) is 16.5 Å². The normalized spacial score (nSPS) is 30.3. The molecule has 1 spiro atoms. The molecule has 0 bridgehead atoms. The van der Waals surface area contributed by atoms with Gasteiger partial charge in [-0.05, 0) is 80.0 Å². The first-order chi connectivity index (χ1) is 16.0. The average Bonchev–Trinajstić information content (AvgIpc) is 3.18. The molecule has 6 rings (SSSR count). The maximum atomic E-state index is 9.37. The molecule has 2 N–H and O–H groups in total. The zero-order valence-corrected chi connectivity index (χ0v) is 19.1. The molecule has 6 nitrogen and oxygen atoms in total. The first kappa shape index (κ1) is 20.8. The summed E-state index contributed by atoms with van der Waals surface area (Å²) in [7, 11) is 0. The van der Waals surface area contributed by atoms with Crippen molar-refractivity contribution in [3.63, 3.8) is 0 Å². The summed E-state index contributed by atoms with van der Waals surface area (Å²) in [6, 6.07) is 13.9. The minimum atomic E-state index is -0.601. The molecule has 2 heterocycles. The maximum absolute atomic E-state index is 9.37. The van der Waals surface area contributed by atoms with Gasteiger partial charge in [-0.1, -0.05) is 17.7 Å². The molecule has 4 unspecified atom stereocenters. The Morgan fingerprint density at radius 1 is 1.09 bits per heavy atom. The molecule has 2 aliphatic heterocycles. The van der Waals surface area contributed by atoms with Crippen molar-refractivity contribution in [3.05, 3.63) is 52.5 Å². The number of ether oxygens (including phenoxy) is 3. The fourth-order valence-electron chi connectivity index (χ4n) is 5.76. The van der Waals surface area contributed by atoms with Crippen molar-refractivity contribution >= 4 is 17.6 Å². The molecule has 2 saturated carbocycles. The van der Waals surface area contributed by atoms with Gasteiger partial charge in [-0.2, -0.15) is 5.26 Å². The lowest BCUT2D eigenvalue weighted by molar-refractivity contribution is -0.106. The van der Waals surface area contributed by atoms with E-state index in [4.69, 9.17) is 36.5 Å². The summed E-state index contributed by atoms with van der Waals surface area (Å²) in [6.07, 6.45) is 7.06. The molecule has 0 saturated heterocycles. The Morgan fingerprint density at radius 3 is 2.70 bits per heavy atom. The lowest BCUT2D eigenvalue weighted by atomic mass is 9.67. The number of amidine groups is 1. The van der Waals surface area contributed by atoms with Crippen molar-refractivity contribution < 1.29 is 14.2 Å². The second-order valence-electron chi connectivity index (χ2n) is 9.60. The Morgan fingerprint density at radius 2 is 1.97 bits per heavy atom. The molecule has 0 radical (unpaired) electrons. The molecule has 0 amide bonds. The van der Waals surface area contributed by atoms with Gasteiger partial charge in [-0.3, -0.25) is 0 Å². The molecule has 2 fully saturated rings. The fraction of sp³-hybridized carbons (Fsp3) is 0.462. The van der Waals surface area contributed by atoms with Crippen molar-refractivity contribution in [1.82, 2.24) is 0 Å². The number of hydrogen-bond acceptors (Lipinski definition) is 6. The minimum absolute atomic E-state index is 0.0548. The Kier molecular flexibility index (Phi) is 5.01. The van der Waals surface area contributed by atoms with E-state index >= 15 is 0 Å². The zero-order valence-electron chi connectivity index (χ0n) is 18.3. The van der Waals surface area contributed by atoms with Crippen LogP contribution in [0.3, 0.4) is 0 Å². The number of halogens is 1. The van der Waals surface area contributed by atoms with Gasteiger partial charge in [-0.25, -0.2) is 4.99 Å². The quantitative estimate of drug-likeness (QED) is 0.697. The van der Waals surface area contributed by atoms with Crippen LogP contribution in [0.25, 0.3) is 11.1 Å². The molecule has 2 aromatic rings. The van der Waals surface area contributed by atoms with Gasteiger partial charge in [-0.15, -0.1) is 0 Å². The van der Waals surface area contributed by atoms with Crippen LogP contribution in [0, 0.1) is 17.2 Å². The van der Waals surface area contributed by atoms with E-state index in [9.17, 15) is 5.26 Å². The molecular formula is C26H26ClN3O3. The van der Waals surface area contributed by atoms with E-state index in [1.54, 1.807) is 6.07 Å². The lowest BCUT2D eigenvalue weighted by Crippen LogP contribution is -2.52. The van der Waals surface area contributed by atoms with E-state index in [0.29, 0.717) is 23.3 Å². The summed E-state index contributed by atoms with van der Waals surface area (Å²) in [4.78, 5) is 4.90. The van der Waals surface area contributed by atoms with Gasteiger partial charge in [0.1, 0.15) is 24.0 Å².